The average Bonchev–Trinajstić information content (AvgIpc) is 3.28. The van der Waals surface area contributed by atoms with Crippen LogP contribution in [-0.4, -0.2) is 27.6 Å². The average molecular weight is 390 g/mol. The number of nitrogens with zero attached hydrogens (tertiary/aromatic N) is 3. The molecule has 0 saturated heterocycles. The van der Waals surface area contributed by atoms with Gasteiger partial charge in [-0.15, -0.1) is 16.4 Å². The summed E-state index contributed by atoms with van der Waals surface area (Å²) in [6.45, 7) is 1.95. The molecule has 140 valence electrons. The molecule has 1 N–H and O–H groups in total. The van der Waals surface area contributed by atoms with Gasteiger partial charge >= 0.3 is 0 Å². The molecule has 6 nitrogen and oxygen atoms in total. The third-order valence-electron chi connectivity index (χ3n) is 4.23. The Morgan fingerprint density at radius 2 is 1.89 bits per heavy atom. The molecule has 4 aromatic rings. The first-order chi connectivity index (χ1) is 13.6. The molecule has 0 aliphatic heterocycles. The lowest BCUT2D eigenvalue weighted by atomic mass is 10.0. The molecule has 28 heavy (non-hydrogen) atoms. The van der Waals surface area contributed by atoms with Crippen LogP contribution in [0.4, 0.5) is 5.95 Å². The van der Waals surface area contributed by atoms with Gasteiger partial charge in [0.05, 0.1) is 12.8 Å². The number of amides is 1. The van der Waals surface area contributed by atoms with E-state index < -0.39 is 0 Å². The molecule has 0 aliphatic rings. The van der Waals surface area contributed by atoms with E-state index in [4.69, 9.17) is 4.74 Å². The van der Waals surface area contributed by atoms with Crippen molar-refractivity contribution in [3.63, 3.8) is 0 Å². The van der Waals surface area contributed by atoms with Crippen LogP contribution in [0.2, 0.25) is 0 Å². The number of methoxy groups -OCH3 is 1. The summed E-state index contributed by atoms with van der Waals surface area (Å²) in [5.74, 6) is 0.787. The first-order valence-corrected chi connectivity index (χ1v) is 9.55. The SMILES string of the molecule is COc1ccc(/C=C(/C(=O)Nc2nc3scc(C)n3n2)c2ccccc2)cc1. The van der Waals surface area contributed by atoms with Gasteiger partial charge in [-0.25, -0.2) is 4.52 Å². The lowest BCUT2D eigenvalue weighted by Crippen LogP contribution is -2.15. The van der Waals surface area contributed by atoms with Crippen molar-refractivity contribution in [1.82, 2.24) is 14.6 Å². The highest BCUT2D eigenvalue weighted by Crippen LogP contribution is 2.22. The Morgan fingerprint density at radius 1 is 1.14 bits per heavy atom. The van der Waals surface area contributed by atoms with E-state index >= 15 is 0 Å². The second-order valence-electron chi connectivity index (χ2n) is 6.16. The van der Waals surface area contributed by atoms with E-state index in [0.717, 1.165) is 27.5 Å². The first-order valence-electron chi connectivity index (χ1n) is 8.67. The number of carbonyl (C=O) groups excluding carboxylic acids is 1. The summed E-state index contributed by atoms with van der Waals surface area (Å²) in [5, 5.41) is 9.15. The molecule has 1 amide bonds. The van der Waals surface area contributed by atoms with Gasteiger partial charge < -0.3 is 4.74 Å². The molecule has 4 rings (SSSR count). The highest BCUT2D eigenvalue weighted by atomic mass is 32.1. The van der Waals surface area contributed by atoms with Crippen LogP contribution >= 0.6 is 11.3 Å². The Labute approximate surface area is 166 Å². The van der Waals surface area contributed by atoms with Crippen molar-refractivity contribution in [2.24, 2.45) is 0 Å². The summed E-state index contributed by atoms with van der Waals surface area (Å²) in [6, 6.07) is 17.1. The molecular weight excluding hydrogens is 372 g/mol. The molecule has 2 heterocycles. The fourth-order valence-electron chi connectivity index (χ4n) is 2.78. The van der Waals surface area contributed by atoms with Crippen molar-refractivity contribution in [1.29, 1.82) is 0 Å². The smallest absolute Gasteiger partial charge is 0.258 e. The zero-order valence-electron chi connectivity index (χ0n) is 15.4. The number of fused-ring (bicyclic) bond motifs is 1. The number of carbonyl (C=O) groups is 1. The van der Waals surface area contributed by atoms with Gasteiger partial charge in [0, 0.05) is 11.0 Å². The van der Waals surface area contributed by atoms with Crippen LogP contribution in [0.15, 0.2) is 60.0 Å². The number of aromatic nitrogens is 3. The molecule has 0 saturated carbocycles. The summed E-state index contributed by atoms with van der Waals surface area (Å²) in [4.78, 5) is 18.2. The van der Waals surface area contributed by atoms with E-state index in [1.54, 1.807) is 11.6 Å². The van der Waals surface area contributed by atoms with E-state index in [1.807, 2.05) is 73.0 Å². The number of ether oxygens (including phenoxy) is 1. The predicted molar refractivity (Wildman–Crippen MR) is 112 cm³/mol. The highest BCUT2D eigenvalue weighted by Gasteiger charge is 2.16. The van der Waals surface area contributed by atoms with E-state index in [1.165, 1.54) is 11.3 Å². The Bertz CT molecular complexity index is 1140. The number of aryl methyl sites for hydroxylation is 1. The van der Waals surface area contributed by atoms with Crippen molar-refractivity contribution >= 4 is 39.8 Å². The molecule has 0 spiro atoms. The minimum Gasteiger partial charge on any atom is -0.497 e. The molecule has 2 aromatic carbocycles. The maximum Gasteiger partial charge on any atom is 0.258 e. The highest BCUT2D eigenvalue weighted by molar-refractivity contribution is 7.15. The standard InChI is InChI=1S/C21H18N4O2S/c1-14-13-28-21-23-20(24-25(14)21)22-19(26)18(16-6-4-3-5-7-16)12-15-8-10-17(27-2)11-9-15/h3-13H,1-2H3,(H,22,24,26)/b18-12+. The first kappa shape index (κ1) is 17.9. The van der Waals surface area contributed by atoms with Gasteiger partial charge in [0.1, 0.15) is 5.75 Å². The van der Waals surface area contributed by atoms with Crippen LogP contribution in [0.3, 0.4) is 0 Å². The number of hydrogen-bond acceptors (Lipinski definition) is 5. The van der Waals surface area contributed by atoms with Gasteiger partial charge in [-0.2, -0.15) is 4.98 Å². The fourth-order valence-corrected chi connectivity index (χ4v) is 3.58. The monoisotopic (exact) mass is 390 g/mol. The molecule has 0 atom stereocenters. The van der Waals surface area contributed by atoms with Gasteiger partial charge in [-0.1, -0.05) is 42.5 Å². The summed E-state index contributed by atoms with van der Waals surface area (Å²) in [7, 11) is 1.62. The number of benzene rings is 2. The van der Waals surface area contributed by atoms with Crippen LogP contribution in [0.5, 0.6) is 5.75 Å². The van der Waals surface area contributed by atoms with E-state index in [-0.39, 0.29) is 11.9 Å². The Morgan fingerprint density at radius 3 is 2.57 bits per heavy atom. The van der Waals surface area contributed by atoms with Crippen LogP contribution < -0.4 is 10.1 Å². The Hall–Kier alpha value is -3.45. The fraction of sp³-hybridized carbons (Fsp3) is 0.0952. The van der Waals surface area contributed by atoms with Gasteiger partial charge in [0.25, 0.3) is 11.9 Å². The Kier molecular flexibility index (Phi) is 4.90. The molecule has 2 aromatic heterocycles. The minimum absolute atomic E-state index is 0.266. The topological polar surface area (TPSA) is 68.5 Å². The zero-order chi connectivity index (χ0) is 19.5. The van der Waals surface area contributed by atoms with Crippen LogP contribution in [-0.2, 0) is 4.79 Å². The maximum absolute atomic E-state index is 13.0. The second-order valence-corrected chi connectivity index (χ2v) is 6.99. The van der Waals surface area contributed by atoms with Crippen molar-refractivity contribution < 1.29 is 9.53 Å². The number of nitrogens with one attached hydrogen (secondary N) is 1. The summed E-state index contributed by atoms with van der Waals surface area (Å²) < 4.78 is 6.92. The van der Waals surface area contributed by atoms with E-state index in [2.05, 4.69) is 15.4 Å². The lowest BCUT2D eigenvalue weighted by molar-refractivity contribution is -0.111. The normalized spacial score (nSPS) is 11.6. The van der Waals surface area contributed by atoms with Crippen LogP contribution in [0.25, 0.3) is 16.6 Å². The summed E-state index contributed by atoms with van der Waals surface area (Å²) in [6.07, 6.45) is 1.84. The molecule has 0 bridgehead atoms. The number of rotatable bonds is 5. The molecule has 0 unspecified atom stereocenters. The molecule has 0 radical (unpaired) electrons. The molecule has 7 heteroatoms. The second kappa shape index (κ2) is 7.66. The molecule has 0 aliphatic carbocycles. The molecular formula is C21H18N4O2S. The largest absolute Gasteiger partial charge is 0.497 e. The lowest BCUT2D eigenvalue weighted by Gasteiger charge is -2.08. The predicted octanol–water partition coefficient (Wildman–Crippen LogP) is 4.29. The van der Waals surface area contributed by atoms with Gasteiger partial charge in [0.2, 0.25) is 4.96 Å². The van der Waals surface area contributed by atoms with Crippen LogP contribution in [0, 0.1) is 6.92 Å². The van der Waals surface area contributed by atoms with Crippen molar-refractivity contribution in [2.45, 2.75) is 6.92 Å². The maximum atomic E-state index is 13.0. The number of hydrogen-bond donors (Lipinski definition) is 1. The summed E-state index contributed by atoms with van der Waals surface area (Å²) >= 11 is 1.48. The Balaban J connectivity index is 1.67. The number of thiazole rings is 1. The van der Waals surface area contributed by atoms with Gasteiger partial charge in [-0.05, 0) is 36.3 Å². The van der Waals surface area contributed by atoms with E-state index in [0.29, 0.717) is 5.57 Å². The number of anilines is 1. The third-order valence-corrected chi connectivity index (χ3v) is 5.16. The minimum atomic E-state index is -0.266. The molecule has 0 fully saturated rings. The van der Waals surface area contributed by atoms with Crippen LogP contribution in [0.1, 0.15) is 16.8 Å². The van der Waals surface area contributed by atoms with Gasteiger partial charge in [-0.3, -0.25) is 10.1 Å². The zero-order valence-corrected chi connectivity index (χ0v) is 16.2. The van der Waals surface area contributed by atoms with Crippen molar-refractivity contribution in [3.05, 3.63) is 76.8 Å². The van der Waals surface area contributed by atoms with Crippen molar-refractivity contribution in [3.8, 4) is 5.75 Å². The summed E-state index contributed by atoms with van der Waals surface area (Å²) in [5.41, 5.74) is 3.21. The quantitative estimate of drug-likeness (QED) is 0.408. The van der Waals surface area contributed by atoms with E-state index in [9.17, 15) is 4.79 Å². The van der Waals surface area contributed by atoms with Crippen molar-refractivity contribution in [2.75, 3.05) is 12.4 Å². The van der Waals surface area contributed by atoms with Gasteiger partial charge in [0.15, 0.2) is 0 Å². The third kappa shape index (κ3) is 3.65.